The fourth-order valence-corrected chi connectivity index (χ4v) is 5.04. The summed E-state index contributed by atoms with van der Waals surface area (Å²) in [4.78, 5) is 11.9. The zero-order valence-corrected chi connectivity index (χ0v) is 11.3. The molecule has 102 valence electrons. The number of carbonyl (C=O) groups excluding carboxylic acids is 1. The number of nitrogens with one attached hydrogen (secondary N) is 1. The molecule has 18 heavy (non-hydrogen) atoms. The van der Waals surface area contributed by atoms with Crippen molar-refractivity contribution in [3.63, 3.8) is 0 Å². The molecule has 1 amide bonds. The van der Waals surface area contributed by atoms with E-state index in [1.54, 1.807) is 0 Å². The predicted octanol–water partition coefficient (Wildman–Crippen LogP) is 1.95. The van der Waals surface area contributed by atoms with E-state index < -0.39 is 0 Å². The van der Waals surface area contributed by atoms with Gasteiger partial charge in [0.2, 0.25) is 5.91 Å². The van der Waals surface area contributed by atoms with Crippen molar-refractivity contribution >= 4 is 5.91 Å². The van der Waals surface area contributed by atoms with Crippen LogP contribution in [0.2, 0.25) is 0 Å². The molecule has 0 saturated heterocycles. The number of aliphatic hydroxyl groups excluding tert-OH is 1. The van der Waals surface area contributed by atoms with Crippen LogP contribution in [0.1, 0.15) is 45.4 Å². The van der Waals surface area contributed by atoms with Gasteiger partial charge in [-0.05, 0) is 61.7 Å². The van der Waals surface area contributed by atoms with Gasteiger partial charge in [0.15, 0.2) is 0 Å². The lowest BCUT2D eigenvalue weighted by molar-refractivity contribution is -0.128. The topological polar surface area (TPSA) is 49.3 Å². The molecule has 6 atom stereocenters. The smallest absolute Gasteiger partial charge is 0.220 e. The van der Waals surface area contributed by atoms with E-state index in [1.165, 1.54) is 25.7 Å². The van der Waals surface area contributed by atoms with Gasteiger partial charge in [0, 0.05) is 19.1 Å². The van der Waals surface area contributed by atoms with E-state index in [0.29, 0.717) is 36.8 Å². The molecule has 4 aliphatic carbocycles. The molecular weight excluding hydrogens is 226 g/mol. The molecule has 4 fully saturated rings. The van der Waals surface area contributed by atoms with Crippen molar-refractivity contribution in [1.29, 1.82) is 0 Å². The minimum atomic E-state index is 0.215. The van der Waals surface area contributed by atoms with Crippen LogP contribution in [-0.2, 0) is 4.79 Å². The van der Waals surface area contributed by atoms with E-state index in [2.05, 4.69) is 5.32 Å². The maximum atomic E-state index is 11.9. The van der Waals surface area contributed by atoms with Gasteiger partial charge in [-0.15, -0.1) is 0 Å². The second-order valence-corrected chi connectivity index (χ2v) is 6.68. The monoisotopic (exact) mass is 251 g/mol. The van der Waals surface area contributed by atoms with E-state index in [1.807, 2.05) is 6.92 Å². The zero-order valence-electron chi connectivity index (χ0n) is 11.3. The summed E-state index contributed by atoms with van der Waals surface area (Å²) in [6, 6.07) is 0.356. The molecule has 0 aromatic carbocycles. The molecule has 4 aliphatic rings. The summed E-state index contributed by atoms with van der Waals surface area (Å²) in [5.74, 6) is 3.51. The van der Waals surface area contributed by atoms with Crippen LogP contribution in [0.3, 0.4) is 0 Å². The Bertz CT molecular complexity index is 330. The number of aliphatic hydroxyl groups is 1. The fraction of sp³-hybridized carbons (Fsp3) is 0.933. The third-order valence-electron chi connectivity index (χ3n) is 5.62. The molecular formula is C15H25NO2. The highest BCUT2D eigenvalue weighted by Crippen LogP contribution is 2.56. The number of hydrogen-bond acceptors (Lipinski definition) is 2. The van der Waals surface area contributed by atoms with Crippen molar-refractivity contribution in [2.75, 3.05) is 6.61 Å². The molecule has 3 nitrogen and oxygen atoms in total. The molecule has 4 rings (SSSR count). The largest absolute Gasteiger partial charge is 0.396 e. The molecule has 0 aliphatic heterocycles. The zero-order chi connectivity index (χ0) is 12.7. The van der Waals surface area contributed by atoms with Gasteiger partial charge < -0.3 is 10.4 Å². The number of carbonyl (C=O) groups is 1. The Morgan fingerprint density at radius 1 is 1.22 bits per heavy atom. The minimum absolute atomic E-state index is 0.215. The standard InChI is InChI=1S/C15H25NO2/c1-2-3-14(18)16-15-11-5-9-4-10(7-11)13(8-17)12(15)6-9/h9-13,15,17H,2-8H2,1H3,(H,16,18). The second-order valence-electron chi connectivity index (χ2n) is 6.68. The van der Waals surface area contributed by atoms with Gasteiger partial charge in [0.1, 0.15) is 0 Å². The highest BCUT2D eigenvalue weighted by molar-refractivity contribution is 5.76. The summed E-state index contributed by atoms with van der Waals surface area (Å²) in [7, 11) is 0. The van der Waals surface area contributed by atoms with Gasteiger partial charge in [-0.25, -0.2) is 0 Å². The molecule has 0 radical (unpaired) electrons. The molecule has 2 N–H and O–H groups in total. The summed E-state index contributed by atoms with van der Waals surface area (Å²) in [5, 5.41) is 12.9. The lowest BCUT2D eigenvalue weighted by atomic mass is 9.50. The molecule has 3 heteroatoms. The van der Waals surface area contributed by atoms with Gasteiger partial charge in [0.05, 0.1) is 0 Å². The fourth-order valence-electron chi connectivity index (χ4n) is 5.04. The quantitative estimate of drug-likeness (QED) is 0.802. The number of amides is 1. The molecule has 4 bridgehead atoms. The van der Waals surface area contributed by atoms with Crippen LogP contribution in [0.25, 0.3) is 0 Å². The van der Waals surface area contributed by atoms with Crippen molar-refractivity contribution in [3.05, 3.63) is 0 Å². The second kappa shape index (κ2) is 4.84. The highest BCUT2D eigenvalue weighted by Gasteiger charge is 2.53. The Kier molecular flexibility index (Phi) is 3.35. The first-order chi connectivity index (χ1) is 8.72. The van der Waals surface area contributed by atoms with E-state index >= 15 is 0 Å². The van der Waals surface area contributed by atoms with Crippen LogP contribution in [0.15, 0.2) is 0 Å². The molecule has 0 spiro atoms. The van der Waals surface area contributed by atoms with Crippen LogP contribution in [0, 0.1) is 29.6 Å². The first-order valence-electron chi connectivity index (χ1n) is 7.63. The van der Waals surface area contributed by atoms with Crippen LogP contribution in [0.4, 0.5) is 0 Å². The maximum Gasteiger partial charge on any atom is 0.220 e. The van der Waals surface area contributed by atoms with E-state index in [9.17, 15) is 9.90 Å². The van der Waals surface area contributed by atoms with E-state index in [0.717, 1.165) is 18.3 Å². The molecule has 4 saturated carbocycles. The van der Waals surface area contributed by atoms with Gasteiger partial charge in [-0.1, -0.05) is 6.92 Å². The van der Waals surface area contributed by atoms with Crippen molar-refractivity contribution < 1.29 is 9.90 Å². The van der Waals surface area contributed by atoms with Crippen molar-refractivity contribution in [2.45, 2.75) is 51.5 Å². The van der Waals surface area contributed by atoms with Gasteiger partial charge in [-0.2, -0.15) is 0 Å². The van der Waals surface area contributed by atoms with Crippen molar-refractivity contribution in [3.8, 4) is 0 Å². The van der Waals surface area contributed by atoms with Crippen LogP contribution < -0.4 is 5.32 Å². The molecule has 0 aromatic rings. The minimum Gasteiger partial charge on any atom is -0.396 e. The average Bonchev–Trinajstić information content (AvgIpc) is 2.34. The summed E-state index contributed by atoms with van der Waals surface area (Å²) in [5.41, 5.74) is 0. The molecule has 0 aromatic heterocycles. The lowest BCUT2D eigenvalue weighted by Crippen LogP contribution is -2.60. The van der Waals surface area contributed by atoms with Gasteiger partial charge in [0.25, 0.3) is 0 Å². The summed E-state index contributed by atoms with van der Waals surface area (Å²) in [6.07, 6.45) is 6.66. The van der Waals surface area contributed by atoms with E-state index in [4.69, 9.17) is 0 Å². The first kappa shape index (κ1) is 12.5. The van der Waals surface area contributed by atoms with Gasteiger partial charge in [-0.3, -0.25) is 4.79 Å². The third kappa shape index (κ3) is 1.97. The van der Waals surface area contributed by atoms with Crippen molar-refractivity contribution in [1.82, 2.24) is 5.32 Å². The summed E-state index contributed by atoms with van der Waals surface area (Å²) >= 11 is 0. The van der Waals surface area contributed by atoms with Crippen LogP contribution >= 0.6 is 0 Å². The molecule has 0 heterocycles. The highest BCUT2D eigenvalue weighted by atomic mass is 16.3. The van der Waals surface area contributed by atoms with E-state index in [-0.39, 0.29) is 5.91 Å². The predicted molar refractivity (Wildman–Crippen MR) is 69.8 cm³/mol. The Morgan fingerprint density at radius 3 is 2.72 bits per heavy atom. The Labute approximate surface area is 109 Å². The van der Waals surface area contributed by atoms with Crippen LogP contribution in [-0.4, -0.2) is 23.7 Å². The lowest BCUT2D eigenvalue weighted by Gasteiger charge is -2.58. The van der Waals surface area contributed by atoms with Gasteiger partial charge >= 0.3 is 0 Å². The average molecular weight is 251 g/mol. The first-order valence-corrected chi connectivity index (χ1v) is 7.63. The maximum absolute atomic E-state index is 11.9. The number of hydrogen-bond donors (Lipinski definition) is 2. The molecule has 6 unspecified atom stereocenters. The third-order valence-corrected chi connectivity index (χ3v) is 5.62. The normalized spacial score (nSPS) is 45.2. The Hall–Kier alpha value is -0.570. The number of rotatable bonds is 4. The Balaban J connectivity index is 1.72. The summed E-state index contributed by atoms with van der Waals surface area (Å²) in [6.45, 7) is 2.36. The Morgan fingerprint density at radius 2 is 2.00 bits per heavy atom. The SMILES string of the molecule is CCCC(=O)NC1C2CC3CC(C2)C(CO)C1C3. The van der Waals surface area contributed by atoms with Crippen molar-refractivity contribution in [2.24, 2.45) is 29.6 Å². The van der Waals surface area contributed by atoms with Crippen LogP contribution in [0.5, 0.6) is 0 Å². The summed E-state index contributed by atoms with van der Waals surface area (Å²) < 4.78 is 0.